The number of amides is 1. The number of nitrogens with zero attached hydrogens (tertiary/aromatic N) is 4. The molecule has 0 aliphatic rings. The van der Waals surface area contributed by atoms with Gasteiger partial charge in [0, 0.05) is 5.69 Å². The Hall–Kier alpha value is -4.72. The molecule has 0 aliphatic heterocycles. The van der Waals surface area contributed by atoms with Crippen LogP contribution in [0.1, 0.15) is 15.9 Å². The van der Waals surface area contributed by atoms with Gasteiger partial charge < -0.3 is 16.2 Å². The Labute approximate surface area is 182 Å². The zero-order valence-electron chi connectivity index (χ0n) is 16.8. The van der Waals surface area contributed by atoms with E-state index in [1.165, 1.54) is 10.9 Å². The first kappa shape index (κ1) is 19.3. The molecule has 0 aliphatic carbocycles. The van der Waals surface area contributed by atoms with Gasteiger partial charge in [0.25, 0.3) is 5.91 Å². The lowest BCUT2D eigenvalue weighted by atomic mass is 10.2. The maximum Gasteiger partial charge on any atom is 0.261 e. The van der Waals surface area contributed by atoms with Crippen LogP contribution in [0.25, 0.3) is 22.2 Å². The highest BCUT2D eigenvalue weighted by Gasteiger charge is 2.24. The molecule has 32 heavy (non-hydrogen) atoms. The molecule has 3 aromatic carbocycles. The summed E-state index contributed by atoms with van der Waals surface area (Å²) in [4.78, 5) is 22.5. The lowest BCUT2D eigenvalue weighted by Gasteiger charge is -2.05. The van der Waals surface area contributed by atoms with Crippen LogP contribution in [0.2, 0.25) is 0 Å². The van der Waals surface area contributed by atoms with E-state index in [-0.39, 0.29) is 17.1 Å². The largest absolute Gasteiger partial charge is 0.508 e. The molecule has 0 fully saturated rings. The molecule has 0 unspecified atom stereocenters. The first-order valence-electron chi connectivity index (χ1n) is 9.86. The Morgan fingerprint density at radius 3 is 2.44 bits per heavy atom. The zero-order chi connectivity index (χ0) is 22.1. The smallest absolute Gasteiger partial charge is 0.261 e. The van der Waals surface area contributed by atoms with E-state index >= 15 is 0 Å². The number of benzene rings is 3. The molecule has 0 saturated carbocycles. The van der Waals surface area contributed by atoms with Gasteiger partial charge in [0.15, 0.2) is 5.65 Å². The fraction of sp³-hybridized carbons (Fsp3) is 0. The van der Waals surface area contributed by atoms with Crippen LogP contribution in [0.4, 0.5) is 11.5 Å². The lowest BCUT2D eigenvalue weighted by Crippen LogP contribution is -2.14. The maximum atomic E-state index is 13.2. The van der Waals surface area contributed by atoms with E-state index in [1.807, 2.05) is 42.5 Å². The van der Waals surface area contributed by atoms with Gasteiger partial charge in [0.05, 0.1) is 17.2 Å². The van der Waals surface area contributed by atoms with Gasteiger partial charge in [-0.25, -0.2) is 9.97 Å². The van der Waals surface area contributed by atoms with Crippen LogP contribution in [-0.4, -0.2) is 31.9 Å². The number of nitrogens with one attached hydrogen (secondary N) is 1. The average molecular weight is 422 g/mol. The number of rotatable bonds is 4. The number of fused-ring (bicyclic) bond motifs is 2. The van der Waals surface area contributed by atoms with Crippen molar-refractivity contribution in [2.45, 2.75) is 0 Å². The standard InChI is InChI=1S/C24H18N6O2/c25-22-20(24(32)27-16-8-2-1-3-9-16)21-23(29-19-12-5-4-11-18(19)28-21)30(22)26-14-15-7-6-10-17(31)13-15/h1-14,31H,25H2,(H,27,32)/b26-14-. The zero-order valence-corrected chi connectivity index (χ0v) is 16.8. The number of carbonyl (C=O) groups is 1. The van der Waals surface area contributed by atoms with E-state index in [0.29, 0.717) is 33.4 Å². The van der Waals surface area contributed by atoms with Gasteiger partial charge in [-0.2, -0.15) is 9.78 Å². The van der Waals surface area contributed by atoms with E-state index in [1.54, 1.807) is 36.4 Å². The van der Waals surface area contributed by atoms with E-state index < -0.39 is 5.91 Å². The molecule has 0 saturated heterocycles. The number of hydrogen-bond acceptors (Lipinski definition) is 6. The minimum absolute atomic E-state index is 0.111. The molecule has 156 valence electrons. The van der Waals surface area contributed by atoms with Crippen LogP contribution in [0.3, 0.4) is 0 Å². The van der Waals surface area contributed by atoms with Gasteiger partial charge in [-0.1, -0.05) is 42.5 Å². The molecule has 2 aromatic heterocycles. The first-order valence-corrected chi connectivity index (χ1v) is 9.86. The molecule has 8 heteroatoms. The van der Waals surface area contributed by atoms with Crippen molar-refractivity contribution < 1.29 is 9.90 Å². The van der Waals surface area contributed by atoms with Crippen LogP contribution in [0.5, 0.6) is 5.75 Å². The fourth-order valence-corrected chi connectivity index (χ4v) is 3.43. The van der Waals surface area contributed by atoms with E-state index in [2.05, 4.69) is 20.4 Å². The van der Waals surface area contributed by atoms with Gasteiger partial charge in [0.2, 0.25) is 0 Å². The van der Waals surface area contributed by atoms with Crippen LogP contribution in [0.15, 0.2) is 84.0 Å². The molecular weight excluding hydrogens is 404 g/mol. The molecule has 5 aromatic rings. The van der Waals surface area contributed by atoms with Crippen molar-refractivity contribution in [3.8, 4) is 5.75 Å². The van der Waals surface area contributed by atoms with Crippen molar-refractivity contribution >= 4 is 45.8 Å². The van der Waals surface area contributed by atoms with Crippen molar-refractivity contribution in [2.24, 2.45) is 5.10 Å². The second-order valence-electron chi connectivity index (χ2n) is 7.12. The molecular formula is C24H18N6O2. The molecule has 0 bridgehead atoms. The normalized spacial score (nSPS) is 11.4. The highest BCUT2D eigenvalue weighted by molar-refractivity contribution is 6.16. The van der Waals surface area contributed by atoms with Crippen LogP contribution >= 0.6 is 0 Å². The van der Waals surface area contributed by atoms with Gasteiger partial charge >= 0.3 is 0 Å². The molecule has 5 rings (SSSR count). The summed E-state index contributed by atoms with van der Waals surface area (Å²) in [6, 6.07) is 23.1. The summed E-state index contributed by atoms with van der Waals surface area (Å²) in [6.07, 6.45) is 1.53. The van der Waals surface area contributed by atoms with Crippen LogP contribution in [0, 0.1) is 0 Å². The van der Waals surface area contributed by atoms with Crippen LogP contribution < -0.4 is 11.1 Å². The number of phenols is 1. The SMILES string of the molecule is Nc1c(C(=O)Nc2ccccc2)c2nc3ccccc3nc2n1/N=C\c1cccc(O)c1. The summed E-state index contributed by atoms with van der Waals surface area (Å²) in [5, 5.41) is 17.0. The number of carbonyl (C=O) groups excluding carboxylic acids is 1. The Bertz CT molecular complexity index is 1490. The Morgan fingerprint density at radius 2 is 1.69 bits per heavy atom. The van der Waals surface area contributed by atoms with Crippen molar-refractivity contribution in [1.29, 1.82) is 0 Å². The molecule has 0 atom stereocenters. The maximum absolute atomic E-state index is 13.2. The monoisotopic (exact) mass is 422 g/mol. The van der Waals surface area contributed by atoms with Gasteiger partial charge in [-0.3, -0.25) is 4.79 Å². The summed E-state index contributed by atoms with van der Waals surface area (Å²) in [6.45, 7) is 0. The van der Waals surface area contributed by atoms with Crippen molar-refractivity contribution in [3.05, 3.63) is 90.0 Å². The van der Waals surface area contributed by atoms with Crippen molar-refractivity contribution in [1.82, 2.24) is 14.6 Å². The lowest BCUT2D eigenvalue weighted by molar-refractivity contribution is 0.102. The van der Waals surface area contributed by atoms with Crippen molar-refractivity contribution in [3.63, 3.8) is 0 Å². The predicted octanol–water partition coefficient (Wildman–Crippen LogP) is 4.01. The molecule has 4 N–H and O–H groups in total. The number of aromatic nitrogens is 3. The third-order valence-corrected chi connectivity index (χ3v) is 4.93. The van der Waals surface area contributed by atoms with E-state index in [0.717, 1.165) is 0 Å². The predicted molar refractivity (Wildman–Crippen MR) is 125 cm³/mol. The highest BCUT2D eigenvalue weighted by atomic mass is 16.3. The number of anilines is 2. The highest BCUT2D eigenvalue weighted by Crippen LogP contribution is 2.28. The summed E-state index contributed by atoms with van der Waals surface area (Å²) in [5.74, 6) is -0.178. The first-order chi connectivity index (χ1) is 15.6. The van der Waals surface area contributed by atoms with E-state index in [4.69, 9.17) is 5.73 Å². The Kier molecular flexibility index (Phi) is 4.72. The molecule has 8 nitrogen and oxygen atoms in total. The second kappa shape index (κ2) is 7.84. The second-order valence-corrected chi connectivity index (χ2v) is 7.12. The average Bonchev–Trinajstić information content (AvgIpc) is 3.07. The van der Waals surface area contributed by atoms with E-state index in [9.17, 15) is 9.90 Å². The fourth-order valence-electron chi connectivity index (χ4n) is 3.43. The Balaban J connectivity index is 1.68. The number of nitrogen functional groups attached to an aromatic ring is 1. The Morgan fingerprint density at radius 1 is 0.969 bits per heavy atom. The minimum atomic E-state index is -0.408. The van der Waals surface area contributed by atoms with Crippen molar-refractivity contribution in [2.75, 3.05) is 11.1 Å². The molecule has 0 spiro atoms. The van der Waals surface area contributed by atoms with Gasteiger partial charge in [-0.15, -0.1) is 0 Å². The third kappa shape index (κ3) is 3.50. The third-order valence-electron chi connectivity index (χ3n) is 4.93. The number of nitrogens with two attached hydrogens (primary N) is 1. The van der Waals surface area contributed by atoms with Gasteiger partial charge in [-0.05, 0) is 42.0 Å². The molecule has 0 radical (unpaired) electrons. The quantitative estimate of drug-likeness (QED) is 0.378. The topological polar surface area (TPSA) is 118 Å². The summed E-state index contributed by atoms with van der Waals surface area (Å²) >= 11 is 0. The number of hydrogen-bond donors (Lipinski definition) is 3. The summed E-state index contributed by atoms with van der Waals surface area (Å²) in [7, 11) is 0. The minimum Gasteiger partial charge on any atom is -0.508 e. The number of aromatic hydroxyl groups is 1. The van der Waals surface area contributed by atoms with Gasteiger partial charge in [0.1, 0.15) is 22.6 Å². The summed E-state index contributed by atoms with van der Waals surface area (Å²) < 4.78 is 1.39. The summed E-state index contributed by atoms with van der Waals surface area (Å²) in [5.41, 5.74) is 9.88. The number of para-hydroxylation sites is 3. The molecule has 1 amide bonds. The van der Waals surface area contributed by atoms with Crippen LogP contribution in [-0.2, 0) is 0 Å². The molecule has 2 heterocycles. The number of phenolic OH excluding ortho intramolecular Hbond substituents is 1.